The third-order valence-electron chi connectivity index (χ3n) is 4.31. The number of nitrogens with zero attached hydrogens (tertiary/aromatic N) is 4. The lowest BCUT2D eigenvalue weighted by atomic mass is 9.85. The highest BCUT2D eigenvalue weighted by atomic mass is 15.3. The van der Waals surface area contributed by atoms with Crippen molar-refractivity contribution in [2.45, 2.75) is 64.5 Å². The van der Waals surface area contributed by atoms with Gasteiger partial charge in [0.15, 0.2) is 0 Å². The number of rotatable bonds is 5. The van der Waals surface area contributed by atoms with E-state index < -0.39 is 0 Å². The first-order valence-corrected chi connectivity index (χ1v) is 7.75. The number of nitriles is 1. The molecular formula is C16H26N4. The Morgan fingerprint density at radius 1 is 1.40 bits per heavy atom. The molecule has 0 aromatic carbocycles. The monoisotopic (exact) mass is 274 g/mol. The van der Waals surface area contributed by atoms with Gasteiger partial charge in [0.2, 0.25) is 0 Å². The van der Waals surface area contributed by atoms with Crippen molar-refractivity contribution >= 4 is 0 Å². The molecule has 1 aromatic rings. The van der Waals surface area contributed by atoms with E-state index in [4.69, 9.17) is 10.4 Å². The third kappa shape index (κ3) is 3.61. The van der Waals surface area contributed by atoms with Crippen molar-refractivity contribution < 1.29 is 0 Å². The van der Waals surface area contributed by atoms with Crippen molar-refractivity contribution in [3.05, 3.63) is 17.5 Å². The zero-order chi connectivity index (χ0) is 14.5. The van der Waals surface area contributed by atoms with Gasteiger partial charge in [0.05, 0.1) is 18.3 Å². The van der Waals surface area contributed by atoms with Gasteiger partial charge in [0.1, 0.15) is 0 Å². The summed E-state index contributed by atoms with van der Waals surface area (Å²) in [6, 6.07) is 2.66. The van der Waals surface area contributed by atoms with Gasteiger partial charge in [-0.05, 0) is 26.7 Å². The minimum absolute atomic E-state index is 0.383. The number of aromatic nitrogens is 2. The molecule has 0 spiro atoms. The molecular weight excluding hydrogens is 248 g/mol. The summed E-state index contributed by atoms with van der Waals surface area (Å²) in [6.45, 7) is 5.61. The summed E-state index contributed by atoms with van der Waals surface area (Å²) >= 11 is 0. The second kappa shape index (κ2) is 6.90. The Hall–Kier alpha value is -1.34. The van der Waals surface area contributed by atoms with Gasteiger partial charge in [-0.1, -0.05) is 19.3 Å². The minimum Gasteiger partial charge on any atom is -0.284 e. The van der Waals surface area contributed by atoms with E-state index in [0.29, 0.717) is 18.5 Å². The smallest absolute Gasteiger partial charge is 0.0871 e. The molecule has 1 aliphatic carbocycles. The summed E-state index contributed by atoms with van der Waals surface area (Å²) in [7, 11) is 2.00. The van der Waals surface area contributed by atoms with Crippen LogP contribution in [0.25, 0.3) is 0 Å². The molecule has 110 valence electrons. The Labute approximate surface area is 122 Å². The second-order valence-corrected chi connectivity index (χ2v) is 6.21. The average molecular weight is 274 g/mol. The molecule has 2 rings (SSSR count). The molecule has 0 aliphatic heterocycles. The molecule has 1 aromatic heterocycles. The van der Waals surface area contributed by atoms with E-state index in [1.165, 1.54) is 43.4 Å². The lowest BCUT2D eigenvalue weighted by molar-refractivity contribution is 0.238. The number of hydrogen-bond donors (Lipinski definition) is 0. The van der Waals surface area contributed by atoms with Gasteiger partial charge in [-0.15, -0.1) is 0 Å². The van der Waals surface area contributed by atoms with E-state index in [1.807, 2.05) is 11.7 Å². The third-order valence-corrected chi connectivity index (χ3v) is 4.31. The number of hydrogen-bond acceptors (Lipinski definition) is 3. The fourth-order valence-corrected chi connectivity index (χ4v) is 3.13. The zero-order valence-corrected chi connectivity index (χ0v) is 13.0. The van der Waals surface area contributed by atoms with Crippen LogP contribution < -0.4 is 0 Å². The summed E-state index contributed by atoms with van der Waals surface area (Å²) < 4.78 is 1.93. The van der Waals surface area contributed by atoms with Crippen molar-refractivity contribution in [1.82, 2.24) is 14.7 Å². The first kappa shape index (κ1) is 15.1. The van der Waals surface area contributed by atoms with Gasteiger partial charge in [0.25, 0.3) is 0 Å². The van der Waals surface area contributed by atoms with E-state index in [-0.39, 0.29) is 0 Å². The molecule has 0 bridgehead atoms. The molecule has 0 saturated heterocycles. The highest BCUT2D eigenvalue weighted by Gasteiger charge is 2.23. The molecule has 20 heavy (non-hydrogen) atoms. The summed E-state index contributed by atoms with van der Waals surface area (Å²) in [6.07, 6.45) is 8.69. The van der Waals surface area contributed by atoms with Gasteiger partial charge in [-0.2, -0.15) is 10.4 Å². The van der Waals surface area contributed by atoms with Crippen LogP contribution in [-0.2, 0) is 13.6 Å². The molecule has 0 unspecified atom stereocenters. The molecule has 1 saturated carbocycles. The van der Waals surface area contributed by atoms with E-state index >= 15 is 0 Å². The maximum atomic E-state index is 8.97. The summed E-state index contributed by atoms with van der Waals surface area (Å²) in [5, 5.41) is 13.7. The van der Waals surface area contributed by atoms with Crippen LogP contribution in [0.4, 0.5) is 0 Å². The molecule has 0 radical (unpaired) electrons. The Bertz CT molecular complexity index is 463. The normalized spacial score (nSPS) is 16.8. The van der Waals surface area contributed by atoms with E-state index in [0.717, 1.165) is 6.54 Å². The van der Waals surface area contributed by atoms with E-state index in [9.17, 15) is 0 Å². The highest BCUT2D eigenvalue weighted by molar-refractivity contribution is 5.22. The molecule has 4 nitrogen and oxygen atoms in total. The molecule has 1 aliphatic rings. The average Bonchev–Trinajstić information content (AvgIpc) is 2.80. The van der Waals surface area contributed by atoms with Crippen LogP contribution in [0.2, 0.25) is 0 Å². The molecule has 0 atom stereocenters. The predicted octanol–water partition coefficient (Wildman–Crippen LogP) is 3.20. The molecule has 4 heteroatoms. The Morgan fingerprint density at radius 2 is 2.10 bits per heavy atom. The minimum atomic E-state index is 0.383. The van der Waals surface area contributed by atoms with Crippen LogP contribution in [0.3, 0.4) is 0 Å². The predicted molar refractivity (Wildman–Crippen MR) is 80.2 cm³/mol. The lowest BCUT2D eigenvalue weighted by Gasteiger charge is -2.25. The number of aryl methyl sites for hydroxylation is 1. The van der Waals surface area contributed by atoms with Crippen molar-refractivity contribution in [3.63, 3.8) is 0 Å². The second-order valence-electron chi connectivity index (χ2n) is 6.21. The Balaban J connectivity index is 2.16. The van der Waals surface area contributed by atoms with Gasteiger partial charge in [-0.25, -0.2) is 0 Å². The topological polar surface area (TPSA) is 44.9 Å². The van der Waals surface area contributed by atoms with Crippen LogP contribution in [0.15, 0.2) is 6.20 Å². The van der Waals surface area contributed by atoms with Crippen molar-refractivity contribution in [2.75, 3.05) is 6.54 Å². The van der Waals surface area contributed by atoms with Gasteiger partial charge in [-0.3, -0.25) is 9.58 Å². The van der Waals surface area contributed by atoms with E-state index in [2.05, 4.69) is 31.0 Å². The summed E-state index contributed by atoms with van der Waals surface area (Å²) in [4.78, 5) is 2.21. The van der Waals surface area contributed by atoms with Crippen LogP contribution in [0.5, 0.6) is 0 Å². The van der Waals surface area contributed by atoms with Crippen LogP contribution in [-0.4, -0.2) is 27.3 Å². The van der Waals surface area contributed by atoms with Crippen LogP contribution in [0.1, 0.15) is 63.1 Å². The Morgan fingerprint density at radius 3 is 2.70 bits per heavy atom. The standard InChI is InChI=1S/C16H26N4/c1-13(2)20(10-9-17)12-15-11-19(3)18-16(15)14-7-5-4-6-8-14/h11,13-14H,4-8,10,12H2,1-3H3. The summed E-state index contributed by atoms with van der Waals surface area (Å²) in [5.74, 6) is 0.621. The maximum absolute atomic E-state index is 8.97. The van der Waals surface area contributed by atoms with Gasteiger partial charge in [0, 0.05) is 37.3 Å². The fraction of sp³-hybridized carbons (Fsp3) is 0.750. The maximum Gasteiger partial charge on any atom is 0.0871 e. The highest BCUT2D eigenvalue weighted by Crippen LogP contribution is 2.33. The van der Waals surface area contributed by atoms with Crippen LogP contribution in [0, 0.1) is 11.3 Å². The van der Waals surface area contributed by atoms with Crippen molar-refractivity contribution in [3.8, 4) is 6.07 Å². The van der Waals surface area contributed by atoms with Gasteiger partial charge < -0.3 is 0 Å². The fourth-order valence-electron chi connectivity index (χ4n) is 3.13. The summed E-state index contributed by atoms with van der Waals surface area (Å²) in [5.41, 5.74) is 2.58. The Kier molecular flexibility index (Phi) is 5.19. The van der Waals surface area contributed by atoms with Crippen LogP contribution >= 0.6 is 0 Å². The molecule has 1 heterocycles. The molecule has 0 N–H and O–H groups in total. The quantitative estimate of drug-likeness (QED) is 0.774. The lowest BCUT2D eigenvalue weighted by Crippen LogP contribution is -2.31. The van der Waals surface area contributed by atoms with Crippen molar-refractivity contribution in [1.29, 1.82) is 5.26 Å². The first-order valence-electron chi connectivity index (χ1n) is 7.75. The van der Waals surface area contributed by atoms with Gasteiger partial charge >= 0.3 is 0 Å². The first-order chi connectivity index (χ1) is 9.61. The SMILES string of the molecule is CC(C)N(CC#N)Cc1cn(C)nc1C1CCCCC1. The molecule has 1 fully saturated rings. The van der Waals surface area contributed by atoms with E-state index in [1.54, 1.807) is 0 Å². The molecule has 0 amide bonds. The largest absolute Gasteiger partial charge is 0.284 e. The zero-order valence-electron chi connectivity index (χ0n) is 13.0. The van der Waals surface area contributed by atoms with Crippen molar-refractivity contribution in [2.24, 2.45) is 7.05 Å².